The second kappa shape index (κ2) is 6.10. The normalized spacial score (nSPS) is 11.8. The van der Waals surface area contributed by atoms with Crippen molar-refractivity contribution >= 4 is 5.91 Å². The van der Waals surface area contributed by atoms with Crippen molar-refractivity contribution in [2.24, 2.45) is 0 Å². The third-order valence-electron chi connectivity index (χ3n) is 3.15. The number of aromatic hydroxyl groups is 2. The molecule has 0 aliphatic carbocycles. The first-order valence-corrected chi connectivity index (χ1v) is 6.49. The van der Waals surface area contributed by atoms with Crippen molar-refractivity contribution in [1.82, 2.24) is 5.32 Å². The van der Waals surface area contributed by atoms with Gasteiger partial charge in [-0.2, -0.15) is 0 Å². The highest BCUT2D eigenvalue weighted by atomic mass is 16.3. The van der Waals surface area contributed by atoms with E-state index in [9.17, 15) is 15.0 Å². The zero-order chi connectivity index (χ0) is 14.5. The van der Waals surface area contributed by atoms with E-state index in [4.69, 9.17) is 0 Å². The van der Waals surface area contributed by atoms with Gasteiger partial charge in [0.15, 0.2) is 11.5 Å². The number of hydrogen-bond acceptors (Lipinski definition) is 3. The predicted octanol–water partition coefficient (Wildman–Crippen LogP) is 2.98. The average Bonchev–Trinajstić information content (AvgIpc) is 2.48. The molecular formula is C16H17NO3. The molecule has 0 saturated heterocycles. The Morgan fingerprint density at radius 1 is 1.10 bits per heavy atom. The predicted molar refractivity (Wildman–Crippen MR) is 76.7 cm³/mol. The highest BCUT2D eigenvalue weighted by Crippen LogP contribution is 2.25. The first kappa shape index (κ1) is 13.9. The number of benzene rings is 2. The molecule has 1 unspecified atom stereocenters. The van der Waals surface area contributed by atoms with Gasteiger partial charge in [-0.3, -0.25) is 4.79 Å². The number of nitrogens with one attached hydrogen (secondary N) is 1. The van der Waals surface area contributed by atoms with E-state index in [1.807, 2.05) is 37.3 Å². The van der Waals surface area contributed by atoms with E-state index in [1.54, 1.807) is 0 Å². The van der Waals surface area contributed by atoms with E-state index in [0.29, 0.717) is 5.56 Å². The molecule has 0 radical (unpaired) electrons. The summed E-state index contributed by atoms with van der Waals surface area (Å²) in [6.45, 7) is 1.99. The van der Waals surface area contributed by atoms with Crippen LogP contribution in [0.1, 0.15) is 35.3 Å². The lowest BCUT2D eigenvalue weighted by Gasteiger charge is -2.17. The third kappa shape index (κ3) is 3.09. The van der Waals surface area contributed by atoms with E-state index in [2.05, 4.69) is 5.32 Å². The van der Waals surface area contributed by atoms with Crippen LogP contribution in [0.2, 0.25) is 0 Å². The zero-order valence-corrected chi connectivity index (χ0v) is 11.2. The molecule has 104 valence electrons. The molecule has 0 aromatic heterocycles. The van der Waals surface area contributed by atoms with Gasteiger partial charge in [-0.1, -0.05) is 37.3 Å². The lowest BCUT2D eigenvalue weighted by atomic mass is 10.0. The molecule has 2 aromatic carbocycles. The van der Waals surface area contributed by atoms with Crippen molar-refractivity contribution < 1.29 is 15.0 Å². The van der Waals surface area contributed by atoms with Gasteiger partial charge in [-0.25, -0.2) is 0 Å². The van der Waals surface area contributed by atoms with Crippen LogP contribution in [0.25, 0.3) is 0 Å². The van der Waals surface area contributed by atoms with Crippen LogP contribution in [-0.4, -0.2) is 16.1 Å². The number of phenols is 2. The summed E-state index contributed by atoms with van der Waals surface area (Å²) < 4.78 is 0. The molecule has 20 heavy (non-hydrogen) atoms. The van der Waals surface area contributed by atoms with Gasteiger partial charge in [0.25, 0.3) is 5.91 Å². The lowest BCUT2D eigenvalue weighted by molar-refractivity contribution is 0.0935. The van der Waals surface area contributed by atoms with Gasteiger partial charge in [0.05, 0.1) is 6.04 Å². The molecule has 0 spiro atoms. The molecule has 4 nitrogen and oxygen atoms in total. The van der Waals surface area contributed by atoms with Crippen LogP contribution < -0.4 is 5.32 Å². The van der Waals surface area contributed by atoms with Crippen LogP contribution in [0, 0.1) is 0 Å². The van der Waals surface area contributed by atoms with Crippen molar-refractivity contribution in [2.75, 3.05) is 0 Å². The molecule has 2 rings (SSSR count). The van der Waals surface area contributed by atoms with Crippen LogP contribution in [0.4, 0.5) is 0 Å². The number of carbonyl (C=O) groups excluding carboxylic acids is 1. The maximum absolute atomic E-state index is 12.1. The number of rotatable bonds is 4. The summed E-state index contributed by atoms with van der Waals surface area (Å²) in [5, 5.41) is 21.6. The fraction of sp³-hybridized carbons (Fsp3) is 0.188. The van der Waals surface area contributed by atoms with Gasteiger partial charge in [-0.05, 0) is 30.2 Å². The summed E-state index contributed by atoms with van der Waals surface area (Å²) in [4.78, 5) is 12.1. The average molecular weight is 271 g/mol. The summed E-state index contributed by atoms with van der Waals surface area (Å²) >= 11 is 0. The van der Waals surface area contributed by atoms with Crippen LogP contribution in [0.15, 0.2) is 48.5 Å². The Morgan fingerprint density at radius 3 is 2.40 bits per heavy atom. The molecule has 1 atom stereocenters. The van der Waals surface area contributed by atoms with E-state index in [1.165, 1.54) is 18.2 Å². The summed E-state index contributed by atoms with van der Waals surface area (Å²) in [6, 6.07) is 13.6. The molecule has 0 bridgehead atoms. The van der Waals surface area contributed by atoms with Crippen LogP contribution in [-0.2, 0) is 0 Å². The summed E-state index contributed by atoms with van der Waals surface area (Å²) in [6.07, 6.45) is 0.764. The van der Waals surface area contributed by atoms with Crippen molar-refractivity contribution in [3.8, 4) is 11.5 Å². The molecule has 0 saturated carbocycles. The number of phenolic OH excluding ortho intramolecular Hbond substituents is 2. The minimum Gasteiger partial charge on any atom is -0.504 e. The fourth-order valence-electron chi connectivity index (χ4n) is 2.01. The highest BCUT2D eigenvalue weighted by Gasteiger charge is 2.14. The molecule has 0 aliphatic rings. The van der Waals surface area contributed by atoms with Crippen LogP contribution in [0.3, 0.4) is 0 Å². The van der Waals surface area contributed by atoms with Crippen molar-refractivity contribution in [3.05, 3.63) is 59.7 Å². The van der Waals surface area contributed by atoms with E-state index in [-0.39, 0.29) is 23.4 Å². The van der Waals surface area contributed by atoms with Gasteiger partial charge in [0.1, 0.15) is 0 Å². The summed E-state index contributed by atoms with van der Waals surface area (Å²) in [5.74, 6) is -0.821. The summed E-state index contributed by atoms with van der Waals surface area (Å²) in [7, 11) is 0. The lowest BCUT2D eigenvalue weighted by Crippen LogP contribution is -2.28. The Hall–Kier alpha value is -2.49. The number of hydrogen-bond donors (Lipinski definition) is 3. The SMILES string of the molecule is CCC(NC(=O)c1ccc(O)c(O)c1)c1ccccc1. The molecule has 4 heteroatoms. The molecule has 0 aliphatic heterocycles. The number of amides is 1. The fourth-order valence-corrected chi connectivity index (χ4v) is 2.01. The minimum atomic E-state index is -0.301. The standard InChI is InChI=1S/C16H17NO3/c1-2-13(11-6-4-3-5-7-11)17-16(20)12-8-9-14(18)15(19)10-12/h3-10,13,18-19H,2H2,1H3,(H,17,20). The van der Waals surface area contributed by atoms with Gasteiger partial charge >= 0.3 is 0 Å². The molecular weight excluding hydrogens is 254 g/mol. The second-order valence-corrected chi connectivity index (χ2v) is 4.55. The molecule has 3 N–H and O–H groups in total. The van der Waals surface area contributed by atoms with Gasteiger partial charge < -0.3 is 15.5 Å². The van der Waals surface area contributed by atoms with Crippen LogP contribution in [0.5, 0.6) is 11.5 Å². The smallest absolute Gasteiger partial charge is 0.251 e. The third-order valence-corrected chi connectivity index (χ3v) is 3.15. The Balaban J connectivity index is 2.15. The largest absolute Gasteiger partial charge is 0.504 e. The molecule has 2 aromatic rings. The molecule has 0 heterocycles. The van der Waals surface area contributed by atoms with Gasteiger partial charge in [0, 0.05) is 5.56 Å². The summed E-state index contributed by atoms with van der Waals surface area (Å²) in [5.41, 5.74) is 1.35. The topological polar surface area (TPSA) is 69.6 Å². The molecule has 1 amide bonds. The van der Waals surface area contributed by atoms with Gasteiger partial charge in [-0.15, -0.1) is 0 Å². The first-order chi connectivity index (χ1) is 9.61. The van der Waals surface area contributed by atoms with Crippen molar-refractivity contribution in [3.63, 3.8) is 0 Å². The highest BCUT2D eigenvalue weighted by molar-refractivity contribution is 5.95. The second-order valence-electron chi connectivity index (χ2n) is 4.55. The van der Waals surface area contributed by atoms with E-state index >= 15 is 0 Å². The molecule has 0 fully saturated rings. The quantitative estimate of drug-likeness (QED) is 0.749. The Labute approximate surface area is 117 Å². The van der Waals surface area contributed by atoms with Gasteiger partial charge in [0.2, 0.25) is 0 Å². The zero-order valence-electron chi connectivity index (χ0n) is 11.2. The monoisotopic (exact) mass is 271 g/mol. The van der Waals surface area contributed by atoms with Crippen LogP contribution >= 0.6 is 0 Å². The van der Waals surface area contributed by atoms with E-state index in [0.717, 1.165) is 12.0 Å². The Bertz CT molecular complexity index is 596. The minimum absolute atomic E-state index is 0.0837. The van der Waals surface area contributed by atoms with Crippen molar-refractivity contribution in [2.45, 2.75) is 19.4 Å². The van der Waals surface area contributed by atoms with Crippen molar-refractivity contribution in [1.29, 1.82) is 0 Å². The Kier molecular flexibility index (Phi) is 4.25. The maximum atomic E-state index is 12.1. The Morgan fingerprint density at radius 2 is 1.80 bits per heavy atom. The maximum Gasteiger partial charge on any atom is 0.251 e. The first-order valence-electron chi connectivity index (χ1n) is 6.49. The number of carbonyl (C=O) groups is 1. The van der Waals surface area contributed by atoms with E-state index < -0.39 is 0 Å².